The van der Waals surface area contributed by atoms with Crippen molar-refractivity contribution in [2.24, 2.45) is 0 Å². The minimum atomic E-state index is 1.02. The molecular weight excluding hydrogens is 230 g/mol. The van der Waals surface area contributed by atoms with E-state index in [4.69, 9.17) is 0 Å². The molecule has 1 aliphatic rings. The average Bonchev–Trinajstić information content (AvgIpc) is 2.38. The lowest BCUT2D eigenvalue weighted by Gasteiger charge is -2.27. The molecule has 1 fully saturated rings. The first-order chi connectivity index (χ1) is 8.36. The highest BCUT2D eigenvalue weighted by atomic mass is 32.1. The molecule has 94 valence electrons. The van der Waals surface area contributed by atoms with Gasteiger partial charge in [-0.05, 0) is 25.1 Å². The first-order valence-corrected chi connectivity index (χ1v) is 6.76. The van der Waals surface area contributed by atoms with Gasteiger partial charge >= 0.3 is 0 Å². The van der Waals surface area contributed by atoms with Gasteiger partial charge < -0.3 is 15.5 Å². The Kier molecular flexibility index (Phi) is 5.16. The fourth-order valence-electron chi connectivity index (χ4n) is 2.08. The van der Waals surface area contributed by atoms with E-state index in [1.54, 1.807) is 0 Å². The number of rotatable bonds is 5. The lowest BCUT2D eigenvalue weighted by molar-refractivity contribution is 0.240. The number of nitrogens with one attached hydrogen (secondary N) is 2. The molecule has 1 aliphatic heterocycles. The van der Waals surface area contributed by atoms with Gasteiger partial charge in [0.1, 0.15) is 0 Å². The normalized spacial score (nSPS) is 17.0. The van der Waals surface area contributed by atoms with Crippen LogP contribution in [0.4, 0.5) is 5.69 Å². The molecule has 4 heteroatoms. The zero-order chi connectivity index (χ0) is 11.9. The second-order valence-electron chi connectivity index (χ2n) is 4.39. The maximum Gasteiger partial charge on any atom is 0.0475 e. The third-order valence-corrected chi connectivity index (χ3v) is 3.47. The topological polar surface area (TPSA) is 27.3 Å². The smallest absolute Gasteiger partial charge is 0.0475 e. The van der Waals surface area contributed by atoms with Crippen LogP contribution in [0.25, 0.3) is 0 Å². The van der Waals surface area contributed by atoms with Crippen molar-refractivity contribution in [3.8, 4) is 0 Å². The molecule has 17 heavy (non-hydrogen) atoms. The predicted octanol–water partition coefficient (Wildman–Crippen LogP) is 1.68. The lowest BCUT2D eigenvalue weighted by atomic mass is 10.3. The van der Waals surface area contributed by atoms with Crippen molar-refractivity contribution in [3.05, 3.63) is 24.3 Å². The van der Waals surface area contributed by atoms with Crippen molar-refractivity contribution in [1.29, 1.82) is 0 Å². The minimum Gasteiger partial charge on any atom is -0.384 e. The third-order valence-electron chi connectivity index (χ3n) is 3.08. The summed E-state index contributed by atoms with van der Waals surface area (Å²) in [5, 5.41) is 6.80. The van der Waals surface area contributed by atoms with E-state index in [1.165, 1.54) is 26.1 Å². The second kappa shape index (κ2) is 6.89. The summed E-state index contributed by atoms with van der Waals surface area (Å²) in [7, 11) is 0. The molecular formula is C13H21N3S. The van der Waals surface area contributed by atoms with Gasteiger partial charge in [-0.15, -0.1) is 12.6 Å². The SMILES string of the molecule is Sc1ccccc1NCCCN1CCNCC1. The number of hydrogen-bond donors (Lipinski definition) is 3. The zero-order valence-corrected chi connectivity index (χ0v) is 11.0. The summed E-state index contributed by atoms with van der Waals surface area (Å²) in [6.45, 7) is 6.83. The van der Waals surface area contributed by atoms with Gasteiger partial charge in [-0.1, -0.05) is 12.1 Å². The monoisotopic (exact) mass is 251 g/mol. The summed E-state index contributed by atoms with van der Waals surface area (Å²) in [6, 6.07) is 8.14. The van der Waals surface area contributed by atoms with Crippen LogP contribution in [-0.4, -0.2) is 44.2 Å². The summed E-state index contributed by atoms with van der Waals surface area (Å²) in [6.07, 6.45) is 1.18. The number of thiol groups is 1. The third kappa shape index (κ3) is 4.22. The number of hydrogen-bond acceptors (Lipinski definition) is 4. The van der Waals surface area contributed by atoms with E-state index >= 15 is 0 Å². The first kappa shape index (κ1) is 12.7. The molecule has 0 unspecified atom stereocenters. The number of piperazine rings is 1. The average molecular weight is 251 g/mol. The Bertz CT molecular complexity index is 337. The van der Waals surface area contributed by atoms with Crippen LogP contribution in [0.15, 0.2) is 29.2 Å². The van der Waals surface area contributed by atoms with E-state index in [1.807, 2.05) is 18.2 Å². The Morgan fingerprint density at radius 3 is 2.76 bits per heavy atom. The van der Waals surface area contributed by atoms with E-state index in [0.29, 0.717) is 0 Å². The molecule has 0 atom stereocenters. The van der Waals surface area contributed by atoms with Crippen LogP contribution >= 0.6 is 12.6 Å². The molecule has 0 radical (unpaired) electrons. The van der Waals surface area contributed by atoms with Gasteiger partial charge in [-0.2, -0.15) is 0 Å². The number of para-hydroxylation sites is 1. The fourth-order valence-corrected chi connectivity index (χ4v) is 2.32. The Morgan fingerprint density at radius 2 is 2.00 bits per heavy atom. The maximum atomic E-state index is 4.42. The van der Waals surface area contributed by atoms with E-state index in [0.717, 1.165) is 30.2 Å². The first-order valence-electron chi connectivity index (χ1n) is 6.31. The molecule has 1 aromatic carbocycles. The van der Waals surface area contributed by atoms with Crippen LogP contribution in [0.1, 0.15) is 6.42 Å². The molecule has 0 aromatic heterocycles. The Morgan fingerprint density at radius 1 is 1.24 bits per heavy atom. The molecule has 1 aromatic rings. The summed E-state index contributed by atoms with van der Waals surface area (Å²) in [4.78, 5) is 3.54. The highest BCUT2D eigenvalue weighted by Crippen LogP contribution is 2.18. The van der Waals surface area contributed by atoms with Crippen molar-refractivity contribution in [2.75, 3.05) is 44.6 Å². The second-order valence-corrected chi connectivity index (χ2v) is 4.87. The van der Waals surface area contributed by atoms with Crippen molar-refractivity contribution >= 4 is 18.3 Å². The van der Waals surface area contributed by atoms with E-state index in [-0.39, 0.29) is 0 Å². The molecule has 1 heterocycles. The van der Waals surface area contributed by atoms with Crippen molar-refractivity contribution in [2.45, 2.75) is 11.3 Å². The van der Waals surface area contributed by atoms with Gasteiger partial charge in [-0.3, -0.25) is 0 Å². The minimum absolute atomic E-state index is 1.02. The Labute approximate surface area is 109 Å². The molecule has 0 bridgehead atoms. The molecule has 1 saturated heterocycles. The number of benzene rings is 1. The van der Waals surface area contributed by atoms with Crippen LogP contribution in [0.5, 0.6) is 0 Å². The van der Waals surface area contributed by atoms with E-state index in [2.05, 4.69) is 34.2 Å². The van der Waals surface area contributed by atoms with Crippen LogP contribution < -0.4 is 10.6 Å². The summed E-state index contributed by atoms with van der Waals surface area (Å²) in [5.41, 5.74) is 1.14. The quantitative estimate of drug-likeness (QED) is 0.549. The van der Waals surface area contributed by atoms with Crippen molar-refractivity contribution < 1.29 is 0 Å². The van der Waals surface area contributed by atoms with Gasteiger partial charge in [0, 0.05) is 43.3 Å². The van der Waals surface area contributed by atoms with E-state index in [9.17, 15) is 0 Å². The van der Waals surface area contributed by atoms with Gasteiger partial charge in [-0.25, -0.2) is 0 Å². The molecule has 3 nitrogen and oxygen atoms in total. The lowest BCUT2D eigenvalue weighted by Crippen LogP contribution is -2.44. The van der Waals surface area contributed by atoms with Gasteiger partial charge in [0.25, 0.3) is 0 Å². The van der Waals surface area contributed by atoms with Gasteiger partial charge in [0.05, 0.1) is 0 Å². The van der Waals surface area contributed by atoms with Gasteiger partial charge in [0.15, 0.2) is 0 Å². The molecule has 0 saturated carbocycles. The van der Waals surface area contributed by atoms with Crippen molar-refractivity contribution in [3.63, 3.8) is 0 Å². The van der Waals surface area contributed by atoms with Gasteiger partial charge in [0.2, 0.25) is 0 Å². The molecule has 0 aliphatic carbocycles. The molecule has 0 spiro atoms. The molecule has 2 rings (SSSR count). The predicted molar refractivity (Wildman–Crippen MR) is 76.1 cm³/mol. The standard InChI is InChI=1S/C13H21N3S/c17-13-5-2-1-4-12(13)15-6-3-9-16-10-7-14-8-11-16/h1-2,4-5,14-15,17H,3,6-11H2. The van der Waals surface area contributed by atoms with Crippen molar-refractivity contribution in [1.82, 2.24) is 10.2 Å². The zero-order valence-electron chi connectivity index (χ0n) is 10.2. The Balaban J connectivity index is 1.64. The van der Waals surface area contributed by atoms with Crippen LogP contribution in [0.3, 0.4) is 0 Å². The molecule has 0 amide bonds. The highest BCUT2D eigenvalue weighted by molar-refractivity contribution is 7.80. The number of anilines is 1. The van der Waals surface area contributed by atoms with E-state index < -0.39 is 0 Å². The maximum absolute atomic E-state index is 4.42. The molecule has 2 N–H and O–H groups in total. The highest BCUT2D eigenvalue weighted by Gasteiger charge is 2.08. The number of nitrogens with zero attached hydrogens (tertiary/aromatic N) is 1. The summed E-state index contributed by atoms with van der Waals surface area (Å²) in [5.74, 6) is 0. The largest absolute Gasteiger partial charge is 0.384 e. The summed E-state index contributed by atoms with van der Waals surface area (Å²) >= 11 is 4.42. The Hall–Kier alpha value is -0.710. The van der Waals surface area contributed by atoms with Crippen LogP contribution in [0, 0.1) is 0 Å². The fraction of sp³-hybridized carbons (Fsp3) is 0.538. The van der Waals surface area contributed by atoms with Crippen LogP contribution in [-0.2, 0) is 0 Å². The van der Waals surface area contributed by atoms with Crippen LogP contribution in [0.2, 0.25) is 0 Å². The summed E-state index contributed by atoms with van der Waals surface area (Å²) < 4.78 is 0.